The van der Waals surface area contributed by atoms with Crippen LogP contribution in [0.2, 0.25) is 0 Å². The van der Waals surface area contributed by atoms with Gasteiger partial charge in [0.2, 0.25) is 0 Å². The molecule has 0 radical (unpaired) electrons. The molecular formula is C18H20NO5S-. The summed E-state index contributed by atoms with van der Waals surface area (Å²) in [6.45, 7) is 7.65. The molecule has 0 aliphatic heterocycles. The van der Waals surface area contributed by atoms with Gasteiger partial charge in [0.1, 0.15) is 11.4 Å². The summed E-state index contributed by atoms with van der Waals surface area (Å²) in [5, 5.41) is 13.8. The molecule has 2 rings (SSSR count). The number of nitrogens with one attached hydrogen (secondary N) is 1. The minimum Gasteiger partial charge on any atom is -0.544 e. The highest BCUT2D eigenvalue weighted by atomic mass is 32.1. The third-order valence-corrected chi connectivity index (χ3v) is 4.17. The van der Waals surface area contributed by atoms with E-state index in [1.165, 1.54) is 0 Å². The van der Waals surface area contributed by atoms with Gasteiger partial charge in [-0.05, 0) is 63.6 Å². The van der Waals surface area contributed by atoms with Crippen molar-refractivity contribution in [3.8, 4) is 16.2 Å². The van der Waals surface area contributed by atoms with Crippen LogP contribution in [-0.2, 0) is 4.74 Å². The van der Waals surface area contributed by atoms with E-state index in [2.05, 4.69) is 5.32 Å². The number of hydrogen-bond donors (Lipinski definition) is 1. The summed E-state index contributed by atoms with van der Waals surface area (Å²) in [5.74, 6) is -0.622. The van der Waals surface area contributed by atoms with Gasteiger partial charge in [0.05, 0.1) is 23.1 Å². The number of carboxylic acid groups (broad SMARTS) is 1. The van der Waals surface area contributed by atoms with Crippen molar-refractivity contribution in [2.75, 3.05) is 11.9 Å². The Hall–Kier alpha value is -2.54. The van der Waals surface area contributed by atoms with Crippen molar-refractivity contribution in [3.63, 3.8) is 0 Å². The number of hydrogen-bond acceptors (Lipinski definition) is 6. The average Bonchev–Trinajstić information content (AvgIpc) is 2.90. The molecule has 0 unspecified atom stereocenters. The number of aromatic carboxylic acids is 1. The van der Waals surface area contributed by atoms with Gasteiger partial charge in [-0.2, -0.15) is 0 Å². The largest absolute Gasteiger partial charge is 0.544 e. The Balaban J connectivity index is 2.26. The van der Waals surface area contributed by atoms with Crippen LogP contribution in [0, 0.1) is 0 Å². The summed E-state index contributed by atoms with van der Waals surface area (Å²) in [7, 11) is 0. The zero-order chi connectivity index (χ0) is 18.6. The van der Waals surface area contributed by atoms with Gasteiger partial charge < -0.3 is 19.4 Å². The molecular weight excluding hydrogens is 342 g/mol. The standard InChI is InChI=1S/C18H21NO5S/c1-5-23-12-8-6-11(7-9-12)14-10-13(15(25-14)16(20)21)19-17(22)24-18(2,3)4/h6-10H,5H2,1-4H3,(H,19,22)(H,20,21)/p-1. The van der Waals surface area contributed by atoms with Crippen molar-refractivity contribution in [1.82, 2.24) is 0 Å². The van der Waals surface area contributed by atoms with Crippen LogP contribution in [0.1, 0.15) is 37.4 Å². The molecule has 1 amide bonds. The molecule has 0 saturated carbocycles. The molecule has 25 heavy (non-hydrogen) atoms. The fourth-order valence-electron chi connectivity index (χ4n) is 2.07. The van der Waals surface area contributed by atoms with E-state index in [1.54, 1.807) is 39.0 Å². The zero-order valence-corrected chi connectivity index (χ0v) is 15.4. The lowest BCUT2D eigenvalue weighted by Crippen LogP contribution is -2.28. The molecule has 1 heterocycles. The Kier molecular flexibility index (Phi) is 5.69. The first-order chi connectivity index (χ1) is 11.7. The van der Waals surface area contributed by atoms with E-state index in [0.29, 0.717) is 11.5 Å². The Morgan fingerprint density at radius 2 is 1.84 bits per heavy atom. The Morgan fingerprint density at radius 1 is 1.20 bits per heavy atom. The number of carboxylic acids is 1. The second-order valence-electron chi connectivity index (χ2n) is 6.23. The minimum absolute atomic E-state index is 0.0604. The second kappa shape index (κ2) is 7.57. The van der Waals surface area contributed by atoms with Gasteiger partial charge in [-0.15, -0.1) is 11.3 Å². The van der Waals surface area contributed by atoms with Crippen molar-refractivity contribution in [3.05, 3.63) is 35.2 Å². The molecule has 1 aromatic carbocycles. The molecule has 0 bridgehead atoms. The Morgan fingerprint density at radius 3 is 2.36 bits per heavy atom. The van der Waals surface area contributed by atoms with Gasteiger partial charge in [0, 0.05) is 4.88 Å². The van der Waals surface area contributed by atoms with E-state index in [0.717, 1.165) is 22.6 Å². The lowest BCUT2D eigenvalue weighted by molar-refractivity contribution is -0.254. The molecule has 7 heteroatoms. The SMILES string of the molecule is CCOc1ccc(-c2cc(NC(=O)OC(C)(C)C)c(C(=O)[O-])s2)cc1. The van der Waals surface area contributed by atoms with E-state index >= 15 is 0 Å². The quantitative estimate of drug-likeness (QED) is 0.879. The van der Waals surface area contributed by atoms with Crippen LogP contribution in [0.3, 0.4) is 0 Å². The predicted octanol–water partition coefficient (Wildman–Crippen LogP) is 3.52. The van der Waals surface area contributed by atoms with Gasteiger partial charge in [0.15, 0.2) is 0 Å². The summed E-state index contributed by atoms with van der Waals surface area (Å²) >= 11 is 1.03. The summed E-state index contributed by atoms with van der Waals surface area (Å²) < 4.78 is 10.5. The highest BCUT2D eigenvalue weighted by Crippen LogP contribution is 2.35. The van der Waals surface area contributed by atoms with Crippen molar-refractivity contribution in [1.29, 1.82) is 0 Å². The number of amides is 1. The van der Waals surface area contributed by atoms with Crippen LogP contribution in [-0.4, -0.2) is 24.3 Å². The minimum atomic E-state index is -1.35. The molecule has 0 saturated heterocycles. The molecule has 0 spiro atoms. The molecule has 1 N–H and O–H groups in total. The van der Waals surface area contributed by atoms with Crippen molar-refractivity contribution >= 4 is 29.1 Å². The maximum atomic E-state index is 11.9. The van der Waals surface area contributed by atoms with E-state index in [-0.39, 0.29) is 10.6 Å². The molecule has 0 aliphatic rings. The van der Waals surface area contributed by atoms with Gasteiger partial charge in [-0.3, -0.25) is 5.32 Å². The fraction of sp³-hybridized carbons (Fsp3) is 0.333. The Bertz CT molecular complexity index is 759. The first-order valence-electron chi connectivity index (χ1n) is 7.78. The topological polar surface area (TPSA) is 87.7 Å². The third kappa shape index (κ3) is 5.22. The molecule has 6 nitrogen and oxygen atoms in total. The number of rotatable bonds is 5. The predicted molar refractivity (Wildman–Crippen MR) is 95.1 cm³/mol. The molecule has 0 fully saturated rings. The molecule has 0 atom stereocenters. The molecule has 2 aromatic rings. The van der Waals surface area contributed by atoms with Crippen molar-refractivity contribution < 1.29 is 24.2 Å². The Labute approximate surface area is 150 Å². The van der Waals surface area contributed by atoms with Crippen LogP contribution in [0.4, 0.5) is 10.5 Å². The summed E-state index contributed by atoms with van der Waals surface area (Å²) in [5.41, 5.74) is 0.288. The van der Waals surface area contributed by atoms with E-state index in [1.807, 2.05) is 19.1 Å². The molecule has 134 valence electrons. The zero-order valence-electron chi connectivity index (χ0n) is 14.5. The fourth-order valence-corrected chi connectivity index (χ4v) is 3.03. The third-order valence-electron chi connectivity index (χ3n) is 3.00. The summed E-state index contributed by atoms with van der Waals surface area (Å²) in [6.07, 6.45) is -0.717. The van der Waals surface area contributed by atoms with Gasteiger partial charge >= 0.3 is 6.09 Å². The average molecular weight is 362 g/mol. The molecule has 1 aromatic heterocycles. The maximum absolute atomic E-state index is 11.9. The highest BCUT2D eigenvalue weighted by molar-refractivity contribution is 7.18. The maximum Gasteiger partial charge on any atom is 0.412 e. The van der Waals surface area contributed by atoms with E-state index in [4.69, 9.17) is 9.47 Å². The smallest absolute Gasteiger partial charge is 0.412 e. The van der Waals surface area contributed by atoms with Crippen molar-refractivity contribution in [2.45, 2.75) is 33.3 Å². The van der Waals surface area contributed by atoms with Crippen LogP contribution in [0.5, 0.6) is 5.75 Å². The number of thiophene rings is 1. The van der Waals surface area contributed by atoms with Crippen LogP contribution >= 0.6 is 11.3 Å². The first kappa shape index (κ1) is 18.8. The van der Waals surface area contributed by atoms with E-state index < -0.39 is 17.7 Å². The number of carbonyl (C=O) groups is 2. The first-order valence-corrected chi connectivity index (χ1v) is 8.59. The molecule has 0 aliphatic carbocycles. The van der Waals surface area contributed by atoms with Gasteiger partial charge in [-0.25, -0.2) is 4.79 Å². The van der Waals surface area contributed by atoms with E-state index in [9.17, 15) is 14.7 Å². The van der Waals surface area contributed by atoms with Crippen LogP contribution in [0.15, 0.2) is 30.3 Å². The number of carbonyl (C=O) groups excluding carboxylic acids is 2. The highest BCUT2D eigenvalue weighted by Gasteiger charge is 2.19. The number of benzene rings is 1. The number of ether oxygens (including phenoxy) is 2. The van der Waals surface area contributed by atoms with Crippen molar-refractivity contribution in [2.24, 2.45) is 0 Å². The van der Waals surface area contributed by atoms with Gasteiger partial charge in [0.25, 0.3) is 0 Å². The lowest BCUT2D eigenvalue weighted by Gasteiger charge is -2.19. The normalized spacial score (nSPS) is 11.0. The lowest BCUT2D eigenvalue weighted by atomic mass is 10.2. The monoisotopic (exact) mass is 362 g/mol. The summed E-state index contributed by atoms with van der Waals surface area (Å²) in [6, 6.07) is 8.85. The summed E-state index contributed by atoms with van der Waals surface area (Å²) in [4.78, 5) is 23.9. The van der Waals surface area contributed by atoms with Crippen LogP contribution < -0.4 is 15.2 Å². The van der Waals surface area contributed by atoms with Crippen LogP contribution in [0.25, 0.3) is 10.4 Å². The number of anilines is 1. The second-order valence-corrected chi connectivity index (χ2v) is 7.28. The van der Waals surface area contributed by atoms with Gasteiger partial charge in [-0.1, -0.05) is 0 Å².